The molecule has 0 atom stereocenters. The minimum atomic E-state index is -3.15. The van der Waals surface area contributed by atoms with E-state index in [4.69, 9.17) is 0 Å². The van der Waals surface area contributed by atoms with Gasteiger partial charge in [0.1, 0.15) is 5.82 Å². The van der Waals surface area contributed by atoms with Crippen molar-refractivity contribution < 1.29 is 8.42 Å². The van der Waals surface area contributed by atoms with Crippen LogP contribution in [0.15, 0.2) is 6.07 Å². The second-order valence-electron chi connectivity index (χ2n) is 4.18. The summed E-state index contributed by atoms with van der Waals surface area (Å²) >= 11 is 0. The Bertz CT molecular complexity index is 501. The van der Waals surface area contributed by atoms with E-state index >= 15 is 0 Å². The van der Waals surface area contributed by atoms with Crippen LogP contribution >= 0.6 is 0 Å². The lowest BCUT2D eigenvalue weighted by Crippen LogP contribution is -2.28. The molecule has 0 amide bonds. The molecule has 7 nitrogen and oxygen atoms in total. The molecule has 0 saturated carbocycles. The highest BCUT2D eigenvalue weighted by Crippen LogP contribution is 2.11. The van der Waals surface area contributed by atoms with Crippen LogP contribution in [0.3, 0.4) is 0 Å². The van der Waals surface area contributed by atoms with Gasteiger partial charge in [-0.1, -0.05) is 0 Å². The molecule has 1 aromatic heterocycles. The van der Waals surface area contributed by atoms with Crippen molar-refractivity contribution in [2.75, 3.05) is 43.7 Å². The molecule has 102 valence electrons. The van der Waals surface area contributed by atoms with E-state index in [9.17, 15) is 8.42 Å². The van der Waals surface area contributed by atoms with Gasteiger partial charge in [0.25, 0.3) is 0 Å². The zero-order chi connectivity index (χ0) is 13.8. The highest BCUT2D eigenvalue weighted by atomic mass is 32.2. The molecular formula is C10H19N5O2S. The van der Waals surface area contributed by atoms with Crippen LogP contribution in [0.5, 0.6) is 0 Å². The van der Waals surface area contributed by atoms with E-state index in [1.807, 2.05) is 32.0 Å². The predicted molar refractivity (Wildman–Crippen MR) is 72.4 cm³/mol. The highest BCUT2D eigenvalue weighted by molar-refractivity contribution is 7.88. The first-order valence-corrected chi connectivity index (χ1v) is 7.38. The molecule has 1 heterocycles. The van der Waals surface area contributed by atoms with Gasteiger partial charge >= 0.3 is 0 Å². The molecule has 0 aromatic carbocycles. The first-order chi connectivity index (χ1) is 8.28. The fraction of sp³-hybridized carbons (Fsp3) is 0.600. The van der Waals surface area contributed by atoms with Gasteiger partial charge in [0, 0.05) is 38.9 Å². The normalized spacial score (nSPS) is 11.3. The summed E-state index contributed by atoms with van der Waals surface area (Å²) in [6, 6.07) is 1.87. The van der Waals surface area contributed by atoms with Gasteiger partial charge in [-0.3, -0.25) is 0 Å². The Labute approximate surface area is 108 Å². The summed E-state index contributed by atoms with van der Waals surface area (Å²) in [6.07, 6.45) is 1.13. The van der Waals surface area contributed by atoms with Crippen LogP contribution < -0.4 is 14.9 Å². The molecule has 0 aliphatic heterocycles. The maximum atomic E-state index is 10.9. The minimum absolute atomic E-state index is 0.299. The maximum Gasteiger partial charge on any atom is 0.224 e. The molecule has 18 heavy (non-hydrogen) atoms. The first kappa shape index (κ1) is 14.7. The largest absolute Gasteiger partial charge is 0.363 e. The molecular weight excluding hydrogens is 254 g/mol. The molecule has 0 aliphatic rings. The Kier molecular flexibility index (Phi) is 4.85. The minimum Gasteiger partial charge on any atom is -0.363 e. The lowest BCUT2D eigenvalue weighted by atomic mass is 10.4. The van der Waals surface area contributed by atoms with Gasteiger partial charge < -0.3 is 10.2 Å². The molecule has 0 saturated heterocycles. The van der Waals surface area contributed by atoms with Crippen molar-refractivity contribution in [3.63, 3.8) is 0 Å². The Morgan fingerprint density at radius 2 is 1.94 bits per heavy atom. The van der Waals surface area contributed by atoms with Crippen molar-refractivity contribution in [1.29, 1.82) is 0 Å². The van der Waals surface area contributed by atoms with E-state index < -0.39 is 10.0 Å². The van der Waals surface area contributed by atoms with Crippen LogP contribution in [0.1, 0.15) is 5.69 Å². The Morgan fingerprint density at radius 1 is 1.28 bits per heavy atom. The zero-order valence-electron chi connectivity index (χ0n) is 11.1. The van der Waals surface area contributed by atoms with Gasteiger partial charge in [0.05, 0.1) is 6.26 Å². The Morgan fingerprint density at radius 3 is 2.50 bits per heavy atom. The van der Waals surface area contributed by atoms with Gasteiger partial charge in [-0.05, 0) is 6.92 Å². The standard InChI is InChI=1S/C10H19N5O2S/c1-8-7-9(15(2)3)14-10(13-8)11-5-6-12-18(4,16)17/h7,12H,5-6H2,1-4H3,(H,11,13,14). The summed E-state index contributed by atoms with van der Waals surface area (Å²) in [7, 11) is 0.652. The number of nitrogens with zero attached hydrogens (tertiary/aromatic N) is 3. The van der Waals surface area contributed by atoms with Gasteiger partial charge in [0.15, 0.2) is 0 Å². The second kappa shape index (κ2) is 5.96. The smallest absolute Gasteiger partial charge is 0.224 e. The number of anilines is 2. The number of aromatic nitrogens is 2. The van der Waals surface area contributed by atoms with Crippen LogP contribution in [0.2, 0.25) is 0 Å². The van der Waals surface area contributed by atoms with Crippen LogP contribution in [-0.4, -0.2) is 51.8 Å². The van der Waals surface area contributed by atoms with Crippen molar-refractivity contribution in [2.24, 2.45) is 0 Å². The van der Waals surface area contributed by atoms with Gasteiger partial charge in [-0.25, -0.2) is 18.1 Å². The van der Waals surface area contributed by atoms with E-state index in [2.05, 4.69) is 20.0 Å². The number of hydrogen-bond donors (Lipinski definition) is 2. The summed E-state index contributed by atoms with van der Waals surface area (Å²) in [5.74, 6) is 1.30. The Hall–Kier alpha value is -1.41. The quantitative estimate of drug-likeness (QED) is 0.699. The summed E-state index contributed by atoms with van der Waals surface area (Å²) < 4.78 is 24.1. The molecule has 1 rings (SSSR count). The average molecular weight is 273 g/mol. The number of rotatable bonds is 6. The van der Waals surface area contributed by atoms with Crippen molar-refractivity contribution in [2.45, 2.75) is 6.92 Å². The van der Waals surface area contributed by atoms with E-state index in [0.29, 0.717) is 19.0 Å². The molecule has 0 fully saturated rings. The Balaban J connectivity index is 2.57. The van der Waals surface area contributed by atoms with Crippen LogP contribution in [-0.2, 0) is 10.0 Å². The lowest BCUT2D eigenvalue weighted by molar-refractivity contribution is 0.589. The third-order valence-corrected chi connectivity index (χ3v) is 2.80. The highest BCUT2D eigenvalue weighted by Gasteiger charge is 2.04. The predicted octanol–water partition coefficient (Wildman–Crippen LogP) is -0.188. The van der Waals surface area contributed by atoms with Crippen LogP contribution in [0.25, 0.3) is 0 Å². The van der Waals surface area contributed by atoms with E-state index in [1.54, 1.807) is 0 Å². The molecule has 2 N–H and O–H groups in total. The molecule has 0 spiro atoms. The molecule has 8 heteroatoms. The van der Waals surface area contributed by atoms with E-state index in [-0.39, 0.29) is 0 Å². The molecule has 0 bridgehead atoms. The molecule has 1 aromatic rings. The summed E-state index contributed by atoms with van der Waals surface area (Å²) in [6.45, 7) is 2.62. The lowest BCUT2D eigenvalue weighted by Gasteiger charge is -2.13. The van der Waals surface area contributed by atoms with Crippen molar-refractivity contribution in [3.05, 3.63) is 11.8 Å². The summed E-state index contributed by atoms with van der Waals surface area (Å²) in [5.41, 5.74) is 0.854. The first-order valence-electron chi connectivity index (χ1n) is 5.49. The average Bonchev–Trinajstić information content (AvgIpc) is 2.22. The second-order valence-corrected chi connectivity index (χ2v) is 6.01. The van der Waals surface area contributed by atoms with Crippen LogP contribution in [0.4, 0.5) is 11.8 Å². The third kappa shape index (κ3) is 5.28. The van der Waals surface area contributed by atoms with Gasteiger partial charge in [0.2, 0.25) is 16.0 Å². The zero-order valence-corrected chi connectivity index (χ0v) is 11.9. The van der Waals surface area contributed by atoms with E-state index in [1.165, 1.54) is 0 Å². The van der Waals surface area contributed by atoms with Crippen molar-refractivity contribution >= 4 is 21.8 Å². The van der Waals surface area contributed by atoms with E-state index in [0.717, 1.165) is 17.8 Å². The molecule has 0 aliphatic carbocycles. The van der Waals surface area contributed by atoms with Crippen molar-refractivity contribution in [1.82, 2.24) is 14.7 Å². The number of sulfonamides is 1. The SMILES string of the molecule is Cc1cc(N(C)C)nc(NCCNS(C)(=O)=O)n1. The fourth-order valence-electron chi connectivity index (χ4n) is 1.27. The number of nitrogens with one attached hydrogen (secondary N) is 2. The maximum absolute atomic E-state index is 10.9. The number of hydrogen-bond acceptors (Lipinski definition) is 6. The molecule has 0 unspecified atom stereocenters. The van der Waals surface area contributed by atoms with Gasteiger partial charge in [-0.15, -0.1) is 0 Å². The summed E-state index contributed by atoms with van der Waals surface area (Å²) in [5, 5.41) is 2.98. The van der Waals surface area contributed by atoms with Crippen LogP contribution in [0, 0.1) is 6.92 Å². The molecule has 0 radical (unpaired) electrons. The summed E-state index contributed by atoms with van der Waals surface area (Å²) in [4.78, 5) is 10.4. The fourth-order valence-corrected chi connectivity index (χ4v) is 1.74. The topological polar surface area (TPSA) is 87.2 Å². The number of aryl methyl sites for hydroxylation is 1. The van der Waals surface area contributed by atoms with Crippen molar-refractivity contribution in [3.8, 4) is 0 Å². The third-order valence-electron chi connectivity index (χ3n) is 2.07. The monoisotopic (exact) mass is 273 g/mol. The van der Waals surface area contributed by atoms with Gasteiger partial charge in [-0.2, -0.15) is 4.98 Å².